The molecule has 6 heteroatoms. The Hall–Kier alpha value is -2.24. The topological polar surface area (TPSA) is 93.4 Å². The minimum Gasteiger partial charge on any atom is -0.482 e. The van der Waals surface area contributed by atoms with Gasteiger partial charge in [0, 0.05) is 18.7 Å². The van der Waals surface area contributed by atoms with E-state index in [-0.39, 0.29) is 18.4 Å². The second kappa shape index (κ2) is 8.04. The average molecular weight is 279 g/mol. The molecule has 1 aromatic carbocycles. The fraction of sp³-hybridized carbons (Fsp3) is 0.429. The van der Waals surface area contributed by atoms with E-state index < -0.39 is 0 Å². The number of nitrogens with two attached hydrogens (primary N) is 1. The van der Waals surface area contributed by atoms with Crippen molar-refractivity contribution in [3.63, 3.8) is 0 Å². The molecule has 0 heterocycles. The van der Waals surface area contributed by atoms with Crippen LogP contribution in [-0.2, 0) is 4.79 Å². The number of nitrogen functional groups attached to an aromatic ring is 1. The minimum absolute atomic E-state index is 0.122. The summed E-state index contributed by atoms with van der Waals surface area (Å²) in [5, 5.41) is 5.38. The number of carbonyl (C=O) groups is 2. The Bertz CT molecular complexity index is 475. The molecule has 110 valence electrons. The van der Waals surface area contributed by atoms with E-state index in [1.54, 1.807) is 12.1 Å². The molecule has 0 saturated carbocycles. The van der Waals surface area contributed by atoms with Crippen LogP contribution >= 0.6 is 0 Å². The molecule has 0 bridgehead atoms. The van der Waals surface area contributed by atoms with Crippen LogP contribution in [0.25, 0.3) is 0 Å². The molecule has 20 heavy (non-hydrogen) atoms. The van der Waals surface area contributed by atoms with Gasteiger partial charge in [0.1, 0.15) is 5.75 Å². The van der Waals surface area contributed by atoms with E-state index in [2.05, 4.69) is 10.6 Å². The number of amides is 2. The van der Waals surface area contributed by atoms with E-state index in [4.69, 9.17) is 10.5 Å². The van der Waals surface area contributed by atoms with Crippen LogP contribution in [0, 0.1) is 0 Å². The molecule has 6 nitrogen and oxygen atoms in total. The number of benzene rings is 1. The largest absolute Gasteiger partial charge is 0.482 e. The molecule has 0 aliphatic carbocycles. The first-order valence-electron chi connectivity index (χ1n) is 6.65. The quantitative estimate of drug-likeness (QED) is 0.647. The number of hydrogen-bond donors (Lipinski definition) is 3. The zero-order valence-electron chi connectivity index (χ0n) is 11.9. The van der Waals surface area contributed by atoms with Gasteiger partial charge in [-0.25, -0.2) is 0 Å². The molecule has 2 amide bonds. The van der Waals surface area contributed by atoms with E-state index in [0.717, 1.165) is 6.42 Å². The standard InChI is InChI=1S/C14H21N3O3/c1-3-7-17-13(18)9-20-12-8-10(5-6-11(12)15)14(19)16-4-2/h5-6,8H,3-4,7,9,15H2,1-2H3,(H,16,19)(H,17,18). The molecule has 0 aromatic heterocycles. The van der Waals surface area contributed by atoms with Gasteiger partial charge >= 0.3 is 0 Å². The van der Waals surface area contributed by atoms with E-state index in [1.165, 1.54) is 6.07 Å². The Kier molecular flexibility index (Phi) is 6.36. The van der Waals surface area contributed by atoms with Crippen molar-refractivity contribution in [3.05, 3.63) is 23.8 Å². The number of nitrogens with one attached hydrogen (secondary N) is 2. The lowest BCUT2D eigenvalue weighted by Gasteiger charge is -2.10. The summed E-state index contributed by atoms with van der Waals surface area (Å²) in [7, 11) is 0. The van der Waals surface area contributed by atoms with Crippen molar-refractivity contribution >= 4 is 17.5 Å². The van der Waals surface area contributed by atoms with Crippen LogP contribution in [0.1, 0.15) is 30.6 Å². The lowest BCUT2D eigenvalue weighted by atomic mass is 10.2. The maximum absolute atomic E-state index is 11.7. The predicted octanol–water partition coefficient (Wildman–Crippen LogP) is 0.923. The van der Waals surface area contributed by atoms with Crippen LogP contribution in [0.4, 0.5) is 5.69 Å². The second-order valence-corrected chi connectivity index (χ2v) is 4.25. The molecule has 1 rings (SSSR count). The number of carbonyl (C=O) groups excluding carboxylic acids is 2. The van der Waals surface area contributed by atoms with Gasteiger partial charge < -0.3 is 21.1 Å². The highest BCUT2D eigenvalue weighted by Gasteiger charge is 2.10. The Morgan fingerprint density at radius 3 is 2.65 bits per heavy atom. The van der Waals surface area contributed by atoms with Gasteiger partial charge in [0.25, 0.3) is 11.8 Å². The first-order chi connectivity index (χ1) is 9.58. The second-order valence-electron chi connectivity index (χ2n) is 4.25. The highest BCUT2D eigenvalue weighted by atomic mass is 16.5. The molecule has 0 radical (unpaired) electrons. The number of anilines is 1. The van der Waals surface area contributed by atoms with Gasteiger partial charge in [0.05, 0.1) is 5.69 Å². The van der Waals surface area contributed by atoms with Gasteiger partial charge in [-0.05, 0) is 31.5 Å². The third kappa shape index (κ3) is 4.79. The van der Waals surface area contributed by atoms with Gasteiger partial charge in [-0.15, -0.1) is 0 Å². The Morgan fingerprint density at radius 1 is 1.25 bits per heavy atom. The lowest BCUT2D eigenvalue weighted by Crippen LogP contribution is -2.29. The summed E-state index contributed by atoms with van der Waals surface area (Å²) in [5.74, 6) is -0.0807. The zero-order chi connectivity index (χ0) is 15.0. The summed E-state index contributed by atoms with van der Waals surface area (Å²) in [5.41, 5.74) is 6.60. The number of ether oxygens (including phenoxy) is 1. The fourth-order valence-corrected chi connectivity index (χ4v) is 1.52. The molecule has 0 aliphatic rings. The predicted molar refractivity (Wildman–Crippen MR) is 77.7 cm³/mol. The van der Waals surface area contributed by atoms with Crippen molar-refractivity contribution in [1.82, 2.24) is 10.6 Å². The number of hydrogen-bond acceptors (Lipinski definition) is 4. The van der Waals surface area contributed by atoms with Crippen molar-refractivity contribution in [2.75, 3.05) is 25.4 Å². The molecule has 0 aliphatic heterocycles. The van der Waals surface area contributed by atoms with Crippen LogP contribution < -0.4 is 21.1 Å². The average Bonchev–Trinajstić information content (AvgIpc) is 2.44. The fourth-order valence-electron chi connectivity index (χ4n) is 1.52. The molecule has 4 N–H and O–H groups in total. The number of rotatable bonds is 7. The van der Waals surface area contributed by atoms with Crippen LogP contribution in [0.5, 0.6) is 5.75 Å². The van der Waals surface area contributed by atoms with Crippen LogP contribution in [-0.4, -0.2) is 31.5 Å². The Labute approximate surface area is 118 Å². The van der Waals surface area contributed by atoms with Gasteiger partial charge in [0.15, 0.2) is 6.61 Å². The molecule has 0 saturated heterocycles. The SMILES string of the molecule is CCCNC(=O)COc1cc(C(=O)NCC)ccc1N. The Balaban J connectivity index is 2.67. The normalized spacial score (nSPS) is 9.90. The maximum Gasteiger partial charge on any atom is 0.257 e. The summed E-state index contributed by atoms with van der Waals surface area (Å²) in [4.78, 5) is 23.2. The first-order valence-corrected chi connectivity index (χ1v) is 6.65. The first kappa shape index (κ1) is 15.8. The van der Waals surface area contributed by atoms with Crippen LogP contribution in [0.3, 0.4) is 0 Å². The molecular weight excluding hydrogens is 258 g/mol. The third-order valence-electron chi connectivity index (χ3n) is 2.54. The summed E-state index contributed by atoms with van der Waals surface area (Å²) in [6, 6.07) is 4.74. The van der Waals surface area contributed by atoms with Crippen LogP contribution in [0.2, 0.25) is 0 Å². The van der Waals surface area contributed by atoms with E-state index in [9.17, 15) is 9.59 Å². The minimum atomic E-state index is -0.213. The molecule has 0 spiro atoms. The Morgan fingerprint density at radius 2 is 2.00 bits per heavy atom. The molecule has 0 unspecified atom stereocenters. The van der Waals surface area contributed by atoms with E-state index in [1.807, 2.05) is 13.8 Å². The van der Waals surface area contributed by atoms with Crippen LogP contribution in [0.15, 0.2) is 18.2 Å². The van der Waals surface area contributed by atoms with Crippen molar-refractivity contribution in [2.45, 2.75) is 20.3 Å². The third-order valence-corrected chi connectivity index (χ3v) is 2.54. The lowest BCUT2D eigenvalue weighted by molar-refractivity contribution is -0.123. The molecular formula is C14H21N3O3. The summed E-state index contributed by atoms with van der Waals surface area (Å²) in [6.07, 6.45) is 0.862. The molecule has 0 atom stereocenters. The highest BCUT2D eigenvalue weighted by molar-refractivity contribution is 5.95. The van der Waals surface area contributed by atoms with Gasteiger partial charge in [-0.2, -0.15) is 0 Å². The van der Waals surface area contributed by atoms with Crippen molar-refractivity contribution in [3.8, 4) is 5.75 Å². The summed E-state index contributed by atoms with van der Waals surface area (Å²) in [6.45, 7) is 4.83. The summed E-state index contributed by atoms with van der Waals surface area (Å²) < 4.78 is 5.35. The van der Waals surface area contributed by atoms with Gasteiger partial charge in [-0.1, -0.05) is 6.92 Å². The van der Waals surface area contributed by atoms with E-state index in [0.29, 0.717) is 30.1 Å². The molecule has 1 aromatic rings. The maximum atomic E-state index is 11.7. The van der Waals surface area contributed by atoms with Gasteiger partial charge in [-0.3, -0.25) is 9.59 Å². The molecule has 0 fully saturated rings. The summed E-state index contributed by atoms with van der Waals surface area (Å²) >= 11 is 0. The van der Waals surface area contributed by atoms with Crippen molar-refractivity contribution in [2.24, 2.45) is 0 Å². The van der Waals surface area contributed by atoms with Gasteiger partial charge in [0.2, 0.25) is 0 Å². The van der Waals surface area contributed by atoms with Crippen molar-refractivity contribution < 1.29 is 14.3 Å². The van der Waals surface area contributed by atoms with E-state index >= 15 is 0 Å². The highest BCUT2D eigenvalue weighted by Crippen LogP contribution is 2.22. The van der Waals surface area contributed by atoms with Crippen molar-refractivity contribution in [1.29, 1.82) is 0 Å². The zero-order valence-corrected chi connectivity index (χ0v) is 11.9. The monoisotopic (exact) mass is 279 g/mol. The smallest absolute Gasteiger partial charge is 0.257 e.